The quantitative estimate of drug-likeness (QED) is 0.780. The Morgan fingerprint density at radius 1 is 1.17 bits per heavy atom. The Morgan fingerprint density at radius 3 is 2.52 bits per heavy atom. The predicted octanol–water partition coefficient (Wildman–Crippen LogP) is 3.68. The molecule has 1 atom stereocenters. The van der Waals surface area contributed by atoms with Gasteiger partial charge in [-0.3, -0.25) is 4.79 Å². The summed E-state index contributed by atoms with van der Waals surface area (Å²) in [6.07, 6.45) is 0.694. The van der Waals surface area contributed by atoms with Crippen LogP contribution in [0.5, 0.6) is 5.75 Å². The summed E-state index contributed by atoms with van der Waals surface area (Å²) in [5, 5.41) is 14.8. The first-order valence-corrected chi connectivity index (χ1v) is 7.99. The Bertz CT molecular complexity index is 667. The number of methoxy groups -OCH3 is 1. The highest BCUT2D eigenvalue weighted by molar-refractivity contribution is 5.84. The van der Waals surface area contributed by atoms with Crippen LogP contribution < -0.4 is 10.1 Å². The average Bonchev–Trinajstić information content (AvgIpc) is 2.52. The number of fused-ring (bicyclic) bond motifs is 1. The van der Waals surface area contributed by atoms with Crippen molar-refractivity contribution >= 4 is 16.7 Å². The van der Waals surface area contributed by atoms with E-state index < -0.39 is 5.97 Å². The van der Waals surface area contributed by atoms with Crippen LogP contribution in [-0.2, 0) is 11.3 Å². The first-order chi connectivity index (χ1) is 11.0. The monoisotopic (exact) mass is 315 g/mol. The molecule has 2 rings (SSSR count). The Morgan fingerprint density at radius 2 is 1.87 bits per heavy atom. The first kappa shape index (κ1) is 17.3. The molecular weight excluding hydrogens is 290 g/mol. The van der Waals surface area contributed by atoms with Gasteiger partial charge in [-0.05, 0) is 46.9 Å². The molecule has 0 fully saturated rings. The largest absolute Gasteiger partial charge is 0.497 e. The zero-order valence-electron chi connectivity index (χ0n) is 14.0. The second-order valence-electron chi connectivity index (χ2n) is 6.34. The lowest BCUT2D eigenvalue weighted by Gasteiger charge is -2.15. The Balaban J connectivity index is 1.97. The molecule has 0 aromatic heterocycles. The number of hydrogen-bond acceptors (Lipinski definition) is 3. The van der Waals surface area contributed by atoms with Gasteiger partial charge in [-0.15, -0.1) is 0 Å². The molecule has 0 saturated carbocycles. The van der Waals surface area contributed by atoms with Crippen LogP contribution in [-0.4, -0.2) is 24.7 Å². The van der Waals surface area contributed by atoms with Crippen LogP contribution in [0.1, 0.15) is 25.8 Å². The first-order valence-electron chi connectivity index (χ1n) is 7.99. The van der Waals surface area contributed by atoms with E-state index in [9.17, 15) is 9.90 Å². The van der Waals surface area contributed by atoms with Gasteiger partial charge in [-0.2, -0.15) is 0 Å². The molecule has 2 aromatic carbocycles. The van der Waals surface area contributed by atoms with E-state index in [1.807, 2.05) is 32.0 Å². The Kier molecular flexibility index (Phi) is 5.99. The molecule has 0 radical (unpaired) electrons. The maximum absolute atomic E-state index is 11.3. The number of benzene rings is 2. The normalized spacial score (nSPS) is 12.5. The predicted molar refractivity (Wildman–Crippen MR) is 92.8 cm³/mol. The standard InChI is InChI=1S/C19H25NO3/c1-13(2)8-17(19(21)22)12-20-11-14-4-5-16-10-18(23-3)7-6-15(16)9-14/h4-7,9-10,13,17,20H,8,11-12H2,1-3H3,(H,21,22). The minimum atomic E-state index is -0.725. The van der Waals surface area contributed by atoms with E-state index in [1.54, 1.807) is 7.11 Å². The number of nitrogens with one attached hydrogen (secondary N) is 1. The van der Waals surface area contributed by atoms with Crippen molar-refractivity contribution in [2.75, 3.05) is 13.7 Å². The van der Waals surface area contributed by atoms with Crippen molar-refractivity contribution in [3.05, 3.63) is 42.0 Å². The fourth-order valence-corrected chi connectivity index (χ4v) is 2.74. The molecule has 0 amide bonds. The lowest BCUT2D eigenvalue weighted by Crippen LogP contribution is -2.29. The topological polar surface area (TPSA) is 58.6 Å². The highest BCUT2D eigenvalue weighted by atomic mass is 16.5. The molecule has 0 saturated heterocycles. The molecule has 0 heterocycles. The summed E-state index contributed by atoms with van der Waals surface area (Å²) in [4.78, 5) is 11.3. The molecule has 2 N–H and O–H groups in total. The van der Waals surface area contributed by atoms with Gasteiger partial charge in [0, 0.05) is 13.1 Å². The Hall–Kier alpha value is -2.07. The van der Waals surface area contributed by atoms with Crippen molar-refractivity contribution in [2.45, 2.75) is 26.8 Å². The van der Waals surface area contributed by atoms with Gasteiger partial charge in [0.05, 0.1) is 13.0 Å². The zero-order chi connectivity index (χ0) is 16.8. The van der Waals surface area contributed by atoms with E-state index in [-0.39, 0.29) is 5.92 Å². The summed E-state index contributed by atoms with van der Waals surface area (Å²) >= 11 is 0. The molecule has 0 aliphatic heterocycles. The third kappa shape index (κ3) is 4.96. The molecule has 1 unspecified atom stereocenters. The lowest BCUT2D eigenvalue weighted by atomic mass is 9.97. The SMILES string of the molecule is COc1ccc2cc(CNCC(CC(C)C)C(=O)O)ccc2c1. The van der Waals surface area contributed by atoms with Gasteiger partial charge in [0.2, 0.25) is 0 Å². The van der Waals surface area contributed by atoms with Crippen molar-refractivity contribution in [1.82, 2.24) is 5.32 Å². The fraction of sp³-hybridized carbons (Fsp3) is 0.421. The van der Waals surface area contributed by atoms with Crippen LogP contribution in [0.3, 0.4) is 0 Å². The fourth-order valence-electron chi connectivity index (χ4n) is 2.74. The number of aliphatic carboxylic acids is 1. The van der Waals surface area contributed by atoms with Crippen molar-refractivity contribution in [3.8, 4) is 5.75 Å². The van der Waals surface area contributed by atoms with Gasteiger partial charge in [-0.1, -0.05) is 32.0 Å². The molecule has 0 aliphatic carbocycles. The zero-order valence-corrected chi connectivity index (χ0v) is 14.0. The number of carboxylic acid groups (broad SMARTS) is 1. The second kappa shape index (κ2) is 7.97. The van der Waals surface area contributed by atoms with Gasteiger partial charge in [0.25, 0.3) is 0 Å². The summed E-state index contributed by atoms with van der Waals surface area (Å²) in [7, 11) is 1.66. The van der Waals surface area contributed by atoms with Crippen molar-refractivity contribution in [1.29, 1.82) is 0 Å². The van der Waals surface area contributed by atoms with E-state index in [4.69, 9.17) is 4.74 Å². The van der Waals surface area contributed by atoms with Crippen LogP contribution in [0.25, 0.3) is 10.8 Å². The molecule has 2 aromatic rings. The minimum absolute atomic E-state index is 0.334. The van der Waals surface area contributed by atoms with Gasteiger partial charge in [0.1, 0.15) is 5.75 Å². The van der Waals surface area contributed by atoms with Crippen LogP contribution in [0.4, 0.5) is 0 Å². The molecule has 0 aliphatic rings. The van der Waals surface area contributed by atoms with Crippen LogP contribution in [0.2, 0.25) is 0 Å². The molecule has 4 nitrogen and oxygen atoms in total. The van der Waals surface area contributed by atoms with Crippen molar-refractivity contribution < 1.29 is 14.6 Å². The van der Waals surface area contributed by atoms with E-state index >= 15 is 0 Å². The number of hydrogen-bond donors (Lipinski definition) is 2. The molecular formula is C19H25NO3. The average molecular weight is 315 g/mol. The van der Waals surface area contributed by atoms with E-state index in [1.165, 1.54) is 0 Å². The lowest BCUT2D eigenvalue weighted by molar-refractivity contribution is -0.142. The van der Waals surface area contributed by atoms with E-state index in [2.05, 4.69) is 23.5 Å². The smallest absolute Gasteiger partial charge is 0.307 e. The summed E-state index contributed by atoms with van der Waals surface area (Å²) in [6.45, 7) is 5.26. The molecule has 4 heteroatoms. The van der Waals surface area contributed by atoms with Gasteiger partial charge in [-0.25, -0.2) is 0 Å². The molecule has 124 valence electrons. The van der Waals surface area contributed by atoms with E-state index in [0.717, 1.165) is 22.1 Å². The highest BCUT2D eigenvalue weighted by Crippen LogP contribution is 2.22. The number of rotatable bonds is 8. The number of carbonyl (C=O) groups is 1. The van der Waals surface area contributed by atoms with Crippen molar-refractivity contribution in [2.24, 2.45) is 11.8 Å². The summed E-state index contributed by atoms with van der Waals surface area (Å²) in [5.41, 5.74) is 1.15. The number of carboxylic acids is 1. The molecule has 0 spiro atoms. The molecule has 23 heavy (non-hydrogen) atoms. The highest BCUT2D eigenvalue weighted by Gasteiger charge is 2.18. The van der Waals surface area contributed by atoms with Gasteiger partial charge < -0.3 is 15.2 Å². The summed E-state index contributed by atoms with van der Waals surface area (Å²) in [5.74, 6) is 0.173. The van der Waals surface area contributed by atoms with Gasteiger partial charge >= 0.3 is 5.97 Å². The van der Waals surface area contributed by atoms with Gasteiger partial charge in [0.15, 0.2) is 0 Å². The number of ether oxygens (including phenoxy) is 1. The van der Waals surface area contributed by atoms with Crippen molar-refractivity contribution in [3.63, 3.8) is 0 Å². The third-order valence-electron chi connectivity index (χ3n) is 3.94. The summed E-state index contributed by atoms with van der Waals surface area (Å²) < 4.78 is 5.23. The molecule has 0 bridgehead atoms. The van der Waals surface area contributed by atoms with Crippen LogP contribution >= 0.6 is 0 Å². The minimum Gasteiger partial charge on any atom is -0.497 e. The maximum Gasteiger partial charge on any atom is 0.307 e. The second-order valence-corrected chi connectivity index (χ2v) is 6.34. The summed E-state index contributed by atoms with van der Waals surface area (Å²) in [6, 6.07) is 12.2. The van der Waals surface area contributed by atoms with Crippen LogP contribution in [0, 0.1) is 11.8 Å². The van der Waals surface area contributed by atoms with E-state index in [0.29, 0.717) is 25.4 Å². The Labute approximate surface area is 137 Å². The maximum atomic E-state index is 11.3. The van der Waals surface area contributed by atoms with Crippen LogP contribution in [0.15, 0.2) is 36.4 Å². The third-order valence-corrected chi connectivity index (χ3v) is 3.94.